The van der Waals surface area contributed by atoms with E-state index in [1.54, 1.807) is 6.20 Å². The van der Waals surface area contributed by atoms with Crippen LogP contribution >= 0.6 is 0 Å². The summed E-state index contributed by atoms with van der Waals surface area (Å²) in [6.45, 7) is -0.330. The summed E-state index contributed by atoms with van der Waals surface area (Å²) in [7, 11) is 0. The number of carbonyl (C=O) groups excluding carboxylic acids is 1. The third-order valence-corrected chi connectivity index (χ3v) is 2.54. The molecule has 0 fully saturated rings. The molecule has 1 aromatic heterocycles. The lowest BCUT2D eigenvalue weighted by Crippen LogP contribution is -2.33. The maximum Gasteiger partial charge on any atom is 0.253 e. The molecule has 1 atom stereocenters. The summed E-state index contributed by atoms with van der Waals surface area (Å²) in [6, 6.07) is 7.48. The summed E-state index contributed by atoms with van der Waals surface area (Å²) in [5, 5.41) is 21.2. The molecule has 1 unspecified atom stereocenters. The van der Waals surface area contributed by atoms with E-state index < -0.39 is 6.10 Å². The van der Waals surface area contributed by atoms with Crippen LogP contribution in [0.2, 0.25) is 0 Å². The second-order valence-electron chi connectivity index (χ2n) is 3.79. The summed E-state index contributed by atoms with van der Waals surface area (Å²) in [6.07, 6.45) is 0.704. The van der Waals surface area contributed by atoms with Crippen molar-refractivity contribution in [3.05, 3.63) is 36.0 Å². The van der Waals surface area contributed by atoms with Crippen LogP contribution in [0.4, 0.5) is 0 Å². The van der Waals surface area contributed by atoms with Crippen LogP contribution in [0.1, 0.15) is 10.4 Å². The molecule has 1 aromatic carbocycles. The minimum Gasteiger partial charge on any atom is -0.394 e. The van der Waals surface area contributed by atoms with E-state index in [9.17, 15) is 4.79 Å². The monoisotopic (exact) mass is 234 g/mol. The maximum atomic E-state index is 11.8. The number of aromatic nitrogens is 1. The Bertz CT molecular complexity index is 521. The molecule has 0 aliphatic carbocycles. The lowest BCUT2D eigenvalue weighted by atomic mass is 10.1. The highest BCUT2D eigenvalue weighted by molar-refractivity contribution is 6.06. The third-order valence-electron chi connectivity index (χ3n) is 2.54. The van der Waals surface area contributed by atoms with E-state index in [4.69, 9.17) is 10.2 Å². The predicted molar refractivity (Wildman–Crippen MR) is 63.7 cm³/mol. The molecule has 0 spiro atoms. The van der Waals surface area contributed by atoms with E-state index in [-0.39, 0.29) is 19.1 Å². The van der Waals surface area contributed by atoms with E-state index in [1.165, 1.54) is 0 Å². The van der Waals surface area contributed by atoms with Gasteiger partial charge in [-0.3, -0.25) is 4.79 Å². The first-order chi connectivity index (χ1) is 8.22. The Morgan fingerprint density at radius 1 is 1.41 bits per heavy atom. The quantitative estimate of drug-likeness (QED) is 0.611. The topological polar surface area (TPSA) is 85.3 Å². The minimum absolute atomic E-state index is 0.0365. The fraction of sp³-hybridized carbons (Fsp3) is 0.250. The minimum atomic E-state index is -0.927. The molecule has 0 bridgehead atoms. The van der Waals surface area contributed by atoms with E-state index in [0.717, 1.165) is 10.9 Å². The SMILES string of the molecule is O=C(NCC(O)CO)c1c[nH]c2ccccc12. The Kier molecular flexibility index (Phi) is 3.41. The molecular formula is C12H14N2O3. The molecule has 1 heterocycles. The van der Waals surface area contributed by atoms with Crippen LogP contribution in [0, 0.1) is 0 Å². The molecule has 0 saturated heterocycles. The molecule has 1 amide bonds. The number of para-hydroxylation sites is 1. The van der Waals surface area contributed by atoms with Crippen LogP contribution in [-0.4, -0.2) is 40.4 Å². The zero-order valence-corrected chi connectivity index (χ0v) is 9.18. The number of rotatable bonds is 4. The molecule has 2 rings (SSSR count). The second kappa shape index (κ2) is 4.99. The lowest BCUT2D eigenvalue weighted by Gasteiger charge is -2.08. The number of aromatic amines is 1. The highest BCUT2D eigenvalue weighted by Crippen LogP contribution is 2.17. The van der Waals surface area contributed by atoms with Gasteiger partial charge < -0.3 is 20.5 Å². The molecule has 2 aromatic rings. The van der Waals surface area contributed by atoms with E-state index in [0.29, 0.717) is 5.56 Å². The van der Waals surface area contributed by atoms with Crippen molar-refractivity contribution in [2.45, 2.75) is 6.10 Å². The molecule has 17 heavy (non-hydrogen) atoms. The standard InChI is InChI=1S/C12H14N2O3/c15-7-8(16)5-14-12(17)10-6-13-11-4-2-1-3-9(10)11/h1-4,6,8,13,15-16H,5,7H2,(H,14,17). The Balaban J connectivity index is 2.14. The van der Waals surface area contributed by atoms with Gasteiger partial charge in [-0.15, -0.1) is 0 Å². The average molecular weight is 234 g/mol. The number of benzene rings is 1. The maximum absolute atomic E-state index is 11.8. The summed E-state index contributed by atoms with van der Waals surface area (Å²) in [4.78, 5) is 14.8. The predicted octanol–water partition coefficient (Wildman–Crippen LogP) is 0.251. The van der Waals surface area contributed by atoms with Crippen LogP contribution in [0.3, 0.4) is 0 Å². The van der Waals surface area contributed by atoms with Crippen LogP contribution in [0.15, 0.2) is 30.5 Å². The highest BCUT2D eigenvalue weighted by atomic mass is 16.3. The number of amides is 1. The van der Waals surface area contributed by atoms with Crippen LogP contribution in [0.25, 0.3) is 10.9 Å². The van der Waals surface area contributed by atoms with Gasteiger partial charge in [0.05, 0.1) is 18.3 Å². The van der Waals surface area contributed by atoms with Crippen molar-refractivity contribution in [3.63, 3.8) is 0 Å². The molecule has 5 heteroatoms. The number of aliphatic hydroxyl groups excluding tert-OH is 2. The van der Waals surface area contributed by atoms with Crippen molar-refractivity contribution in [2.24, 2.45) is 0 Å². The molecule has 4 N–H and O–H groups in total. The molecule has 0 radical (unpaired) electrons. The van der Waals surface area contributed by atoms with E-state index in [1.807, 2.05) is 24.3 Å². The van der Waals surface area contributed by atoms with E-state index in [2.05, 4.69) is 10.3 Å². The lowest BCUT2D eigenvalue weighted by molar-refractivity contribution is 0.0803. The fourth-order valence-electron chi connectivity index (χ4n) is 1.63. The summed E-state index contributed by atoms with van der Waals surface area (Å²) in [5.74, 6) is -0.269. The zero-order chi connectivity index (χ0) is 12.3. The number of nitrogens with one attached hydrogen (secondary N) is 2. The summed E-state index contributed by atoms with van der Waals surface area (Å²) < 4.78 is 0. The molecule has 0 saturated carbocycles. The Labute approximate surface area is 98.1 Å². The largest absolute Gasteiger partial charge is 0.394 e. The van der Waals surface area contributed by atoms with Crippen molar-refractivity contribution in [1.29, 1.82) is 0 Å². The van der Waals surface area contributed by atoms with Crippen molar-refractivity contribution >= 4 is 16.8 Å². The Morgan fingerprint density at radius 3 is 2.94 bits per heavy atom. The van der Waals surface area contributed by atoms with Crippen LogP contribution in [0.5, 0.6) is 0 Å². The van der Waals surface area contributed by atoms with Gasteiger partial charge in [0.2, 0.25) is 0 Å². The van der Waals surface area contributed by atoms with Crippen LogP contribution < -0.4 is 5.32 Å². The first kappa shape index (κ1) is 11.6. The van der Waals surface area contributed by atoms with Crippen molar-refractivity contribution in [3.8, 4) is 0 Å². The highest BCUT2D eigenvalue weighted by Gasteiger charge is 2.12. The summed E-state index contributed by atoms with van der Waals surface area (Å²) in [5.41, 5.74) is 1.42. The van der Waals surface area contributed by atoms with Gasteiger partial charge in [0.25, 0.3) is 5.91 Å². The fourth-order valence-corrected chi connectivity index (χ4v) is 1.63. The summed E-state index contributed by atoms with van der Waals surface area (Å²) >= 11 is 0. The van der Waals surface area contributed by atoms with Crippen molar-refractivity contribution < 1.29 is 15.0 Å². The molecule has 5 nitrogen and oxygen atoms in total. The smallest absolute Gasteiger partial charge is 0.253 e. The zero-order valence-electron chi connectivity index (χ0n) is 9.18. The Morgan fingerprint density at radius 2 is 2.18 bits per heavy atom. The molecule has 0 aliphatic heterocycles. The molecule has 0 aliphatic rings. The normalized spacial score (nSPS) is 12.6. The van der Waals surface area contributed by atoms with Gasteiger partial charge in [0.1, 0.15) is 0 Å². The number of aliphatic hydroxyl groups is 2. The van der Waals surface area contributed by atoms with Gasteiger partial charge in [-0.25, -0.2) is 0 Å². The van der Waals surface area contributed by atoms with Crippen molar-refractivity contribution in [2.75, 3.05) is 13.2 Å². The Hall–Kier alpha value is -1.85. The number of hydrogen-bond donors (Lipinski definition) is 4. The molecule has 90 valence electrons. The number of hydrogen-bond acceptors (Lipinski definition) is 3. The van der Waals surface area contributed by atoms with Gasteiger partial charge in [-0.05, 0) is 6.07 Å². The average Bonchev–Trinajstić information content (AvgIpc) is 2.79. The van der Waals surface area contributed by atoms with Gasteiger partial charge >= 0.3 is 0 Å². The first-order valence-electron chi connectivity index (χ1n) is 5.35. The van der Waals surface area contributed by atoms with Crippen LogP contribution in [-0.2, 0) is 0 Å². The number of H-pyrrole nitrogens is 1. The molecular weight excluding hydrogens is 220 g/mol. The van der Waals surface area contributed by atoms with Gasteiger partial charge in [-0.1, -0.05) is 18.2 Å². The number of fused-ring (bicyclic) bond motifs is 1. The van der Waals surface area contributed by atoms with Gasteiger partial charge in [0.15, 0.2) is 0 Å². The van der Waals surface area contributed by atoms with Gasteiger partial charge in [-0.2, -0.15) is 0 Å². The van der Waals surface area contributed by atoms with Crippen molar-refractivity contribution in [1.82, 2.24) is 10.3 Å². The first-order valence-corrected chi connectivity index (χ1v) is 5.35. The number of carbonyl (C=O) groups is 1. The third kappa shape index (κ3) is 2.46. The van der Waals surface area contributed by atoms with E-state index >= 15 is 0 Å². The van der Waals surface area contributed by atoms with Gasteiger partial charge in [0, 0.05) is 23.6 Å². The second-order valence-corrected chi connectivity index (χ2v) is 3.79.